The van der Waals surface area contributed by atoms with Crippen LogP contribution in [0, 0.1) is 5.82 Å². The van der Waals surface area contributed by atoms with Crippen LogP contribution in [0.25, 0.3) is 0 Å². The number of hydrogen-bond acceptors (Lipinski definition) is 7. The molecule has 1 saturated heterocycles. The number of rotatable bonds is 15. The molecule has 2 amide bonds. The van der Waals surface area contributed by atoms with Gasteiger partial charge in [-0.1, -0.05) is 36.4 Å². The quantitative estimate of drug-likeness (QED) is 0.151. The highest BCUT2D eigenvalue weighted by atomic mass is 19.1. The summed E-state index contributed by atoms with van der Waals surface area (Å²) in [6, 6.07) is 20.7. The molecule has 0 spiro atoms. The van der Waals surface area contributed by atoms with Crippen LogP contribution in [-0.4, -0.2) is 75.2 Å². The summed E-state index contributed by atoms with van der Waals surface area (Å²) in [6.45, 7) is 9.07. The molecule has 0 aromatic heterocycles. The number of fused-ring (bicyclic) bond motifs is 1. The predicted molar refractivity (Wildman–Crippen MR) is 190 cm³/mol. The van der Waals surface area contributed by atoms with Gasteiger partial charge >= 0.3 is 6.09 Å². The number of hydrogen-bond donors (Lipinski definition) is 0. The molecular formula is C40H51FN2O7. The van der Waals surface area contributed by atoms with Gasteiger partial charge in [-0.05, 0) is 99.9 Å². The molecule has 0 N–H and O–H groups in total. The third kappa shape index (κ3) is 10.4. The van der Waals surface area contributed by atoms with Crippen molar-refractivity contribution in [3.8, 4) is 11.5 Å². The van der Waals surface area contributed by atoms with E-state index in [1.54, 1.807) is 30.2 Å². The lowest BCUT2D eigenvalue weighted by Gasteiger charge is -2.39. The van der Waals surface area contributed by atoms with E-state index < -0.39 is 5.60 Å². The molecule has 3 aromatic rings. The van der Waals surface area contributed by atoms with E-state index in [2.05, 4.69) is 30.3 Å². The van der Waals surface area contributed by atoms with Crippen LogP contribution in [0.2, 0.25) is 0 Å². The van der Waals surface area contributed by atoms with Crippen molar-refractivity contribution in [3.63, 3.8) is 0 Å². The Labute approximate surface area is 295 Å². The molecule has 2 aliphatic heterocycles. The summed E-state index contributed by atoms with van der Waals surface area (Å²) >= 11 is 0. The first kappa shape index (κ1) is 37.1. The predicted octanol–water partition coefficient (Wildman–Crippen LogP) is 7.69. The van der Waals surface area contributed by atoms with Crippen LogP contribution in [0.1, 0.15) is 75.5 Å². The second-order valence-electron chi connectivity index (χ2n) is 13.9. The van der Waals surface area contributed by atoms with Crippen molar-refractivity contribution in [2.24, 2.45) is 0 Å². The number of unbranched alkanes of at least 4 members (excludes halogenated alkanes) is 1. The maximum atomic E-state index is 13.7. The van der Waals surface area contributed by atoms with Crippen LogP contribution in [-0.2, 0) is 32.0 Å². The van der Waals surface area contributed by atoms with E-state index in [-0.39, 0.29) is 35.6 Å². The molecule has 0 saturated carbocycles. The van der Waals surface area contributed by atoms with Crippen molar-refractivity contribution in [3.05, 3.63) is 89.2 Å². The maximum absolute atomic E-state index is 13.7. The molecule has 1 fully saturated rings. The fraction of sp³-hybridized carbons (Fsp3) is 0.500. The Morgan fingerprint density at radius 3 is 2.42 bits per heavy atom. The molecule has 10 heteroatoms. The Bertz CT molecular complexity index is 1560. The number of likely N-dealkylation sites (tertiary alicyclic amines) is 1. The lowest BCUT2D eigenvalue weighted by atomic mass is 9.87. The number of piperidine rings is 1. The fourth-order valence-corrected chi connectivity index (χ4v) is 6.40. The van der Waals surface area contributed by atoms with Crippen LogP contribution in [0.3, 0.4) is 0 Å². The van der Waals surface area contributed by atoms with Crippen LogP contribution in [0.4, 0.5) is 14.9 Å². The number of aryl methyl sites for hydroxylation is 1. The molecular weight excluding hydrogens is 639 g/mol. The number of amides is 2. The molecule has 2 aliphatic rings. The fourth-order valence-electron chi connectivity index (χ4n) is 6.40. The highest BCUT2D eigenvalue weighted by Crippen LogP contribution is 2.34. The van der Waals surface area contributed by atoms with Gasteiger partial charge in [0, 0.05) is 44.8 Å². The normalized spacial score (nSPS) is 17.7. The number of anilines is 1. The first-order valence-corrected chi connectivity index (χ1v) is 17.7. The Kier molecular flexibility index (Phi) is 13.1. The molecule has 2 heterocycles. The van der Waals surface area contributed by atoms with Gasteiger partial charge in [-0.25, -0.2) is 9.18 Å². The Morgan fingerprint density at radius 2 is 1.68 bits per heavy atom. The first-order chi connectivity index (χ1) is 24.1. The van der Waals surface area contributed by atoms with Crippen LogP contribution in [0.15, 0.2) is 66.7 Å². The van der Waals surface area contributed by atoms with E-state index in [9.17, 15) is 14.0 Å². The summed E-state index contributed by atoms with van der Waals surface area (Å²) in [5, 5.41) is 0. The zero-order valence-corrected chi connectivity index (χ0v) is 29.8. The number of methoxy groups -OCH3 is 1. The van der Waals surface area contributed by atoms with Crippen LogP contribution >= 0.6 is 0 Å². The van der Waals surface area contributed by atoms with Gasteiger partial charge < -0.3 is 33.5 Å². The topological polar surface area (TPSA) is 86.8 Å². The van der Waals surface area contributed by atoms with Crippen molar-refractivity contribution >= 4 is 17.7 Å². The minimum Gasteiger partial charge on any atom is -0.494 e. The summed E-state index contributed by atoms with van der Waals surface area (Å²) in [6.07, 6.45) is 3.64. The lowest BCUT2D eigenvalue weighted by Crippen LogP contribution is -2.48. The van der Waals surface area contributed by atoms with E-state index in [4.69, 9.17) is 23.7 Å². The number of para-hydroxylation sites is 1. The van der Waals surface area contributed by atoms with Crippen molar-refractivity contribution in [2.75, 3.05) is 51.5 Å². The van der Waals surface area contributed by atoms with Gasteiger partial charge in [0.05, 0.1) is 32.5 Å². The zero-order chi connectivity index (χ0) is 35.5. The summed E-state index contributed by atoms with van der Waals surface area (Å²) in [5.74, 6) is 0.870. The van der Waals surface area contributed by atoms with Crippen molar-refractivity contribution < 1.29 is 37.7 Å². The number of carbonyl (C=O) groups excluding carboxylic acids is 2. The number of carbonyl (C=O) groups is 2. The van der Waals surface area contributed by atoms with Gasteiger partial charge in [-0.15, -0.1) is 0 Å². The highest BCUT2D eigenvalue weighted by molar-refractivity contribution is 5.96. The Balaban J connectivity index is 1.21. The minimum atomic E-state index is -0.595. The van der Waals surface area contributed by atoms with Crippen LogP contribution < -0.4 is 14.4 Å². The van der Waals surface area contributed by atoms with Crippen LogP contribution in [0.5, 0.6) is 11.5 Å². The summed E-state index contributed by atoms with van der Waals surface area (Å²) in [7, 11) is 1.67. The van der Waals surface area contributed by atoms with Crippen molar-refractivity contribution in [1.29, 1.82) is 0 Å². The van der Waals surface area contributed by atoms with Crippen molar-refractivity contribution in [1.82, 2.24) is 4.90 Å². The van der Waals surface area contributed by atoms with Gasteiger partial charge in [0.25, 0.3) is 0 Å². The standard InChI is InChI=1S/C40H51FN2O7/c1-40(2,3)50-39(45)42-22-20-33(30-14-17-32(18-15-30)47-24-7-8-25-48-36-11-6-5-10-34(36)41)37(27-42)49-28-29-12-13-31-16-19-38(44)43(35(31)26-29)21-9-23-46-4/h5-6,10-15,17-18,26,33,37H,7-9,16,19-25,27-28H2,1-4H3. The molecule has 0 radical (unpaired) electrons. The second-order valence-corrected chi connectivity index (χ2v) is 13.9. The largest absolute Gasteiger partial charge is 0.494 e. The minimum absolute atomic E-state index is 0.0583. The first-order valence-electron chi connectivity index (χ1n) is 17.7. The number of benzene rings is 3. The number of nitrogens with zero attached hydrogens (tertiary/aromatic N) is 2. The third-order valence-corrected chi connectivity index (χ3v) is 8.96. The highest BCUT2D eigenvalue weighted by Gasteiger charge is 2.35. The molecule has 0 bridgehead atoms. The SMILES string of the molecule is COCCCN1C(=O)CCc2ccc(COC3CN(C(=O)OC(C)(C)C)CCC3c3ccc(OCCCCOc4ccccc4F)cc3)cc21. The van der Waals surface area contributed by atoms with Gasteiger partial charge in [0.2, 0.25) is 5.91 Å². The second kappa shape index (κ2) is 17.7. The van der Waals surface area contributed by atoms with E-state index >= 15 is 0 Å². The van der Waals surface area contributed by atoms with E-state index in [0.717, 1.165) is 60.2 Å². The van der Waals surface area contributed by atoms with Gasteiger partial charge in [0.15, 0.2) is 11.6 Å². The average Bonchev–Trinajstić information content (AvgIpc) is 3.10. The lowest BCUT2D eigenvalue weighted by molar-refractivity contribution is -0.118. The van der Waals surface area contributed by atoms with Gasteiger partial charge in [-0.3, -0.25) is 4.79 Å². The molecule has 3 aromatic carbocycles. The van der Waals surface area contributed by atoms with Crippen molar-refractivity contribution in [2.45, 2.75) is 83.5 Å². The summed E-state index contributed by atoms with van der Waals surface area (Å²) in [5.41, 5.74) is 3.61. The van der Waals surface area contributed by atoms with E-state index in [1.807, 2.05) is 37.8 Å². The number of halogens is 1. The molecule has 2 unspecified atom stereocenters. The molecule has 9 nitrogen and oxygen atoms in total. The monoisotopic (exact) mass is 690 g/mol. The summed E-state index contributed by atoms with van der Waals surface area (Å²) in [4.78, 5) is 29.5. The average molecular weight is 691 g/mol. The molecule has 2 atom stereocenters. The molecule has 5 rings (SSSR count). The third-order valence-electron chi connectivity index (χ3n) is 8.96. The number of ether oxygens (including phenoxy) is 5. The summed E-state index contributed by atoms with van der Waals surface area (Å²) < 4.78 is 42.8. The zero-order valence-electron chi connectivity index (χ0n) is 29.8. The Morgan fingerprint density at radius 1 is 0.920 bits per heavy atom. The molecule has 50 heavy (non-hydrogen) atoms. The smallest absolute Gasteiger partial charge is 0.410 e. The van der Waals surface area contributed by atoms with E-state index in [1.165, 1.54) is 6.07 Å². The van der Waals surface area contributed by atoms with E-state index in [0.29, 0.717) is 52.5 Å². The molecule has 270 valence electrons. The van der Waals surface area contributed by atoms with Gasteiger partial charge in [-0.2, -0.15) is 0 Å². The van der Waals surface area contributed by atoms with Gasteiger partial charge in [0.1, 0.15) is 11.4 Å². The Hall–Kier alpha value is -4.15. The molecule has 0 aliphatic carbocycles. The maximum Gasteiger partial charge on any atom is 0.410 e.